The number of hydrogen-bond donors (Lipinski definition) is 3. The zero-order chi connectivity index (χ0) is 11.4. The van der Waals surface area contributed by atoms with Crippen LogP contribution in [-0.2, 0) is 20.7 Å². The van der Waals surface area contributed by atoms with Crippen molar-refractivity contribution in [3.8, 4) is 0 Å². The van der Waals surface area contributed by atoms with Gasteiger partial charge < -0.3 is 15.0 Å². The molecule has 3 atom stereocenters. The Bertz CT molecular complexity index is 293. The van der Waals surface area contributed by atoms with Crippen molar-refractivity contribution in [3.63, 3.8) is 0 Å². The minimum atomic E-state index is -1.89. The number of rotatable bonds is 4. The lowest BCUT2D eigenvalue weighted by Crippen LogP contribution is -2.34. The summed E-state index contributed by atoms with van der Waals surface area (Å²) in [7, 11) is 0. The van der Waals surface area contributed by atoms with Gasteiger partial charge in [-0.3, -0.25) is 9.59 Å². The van der Waals surface area contributed by atoms with Gasteiger partial charge in [-0.2, -0.15) is 0 Å². The van der Waals surface area contributed by atoms with Gasteiger partial charge in [-0.15, -0.1) is 0 Å². The molecule has 0 bridgehead atoms. The summed E-state index contributed by atoms with van der Waals surface area (Å²) in [6.07, 6.45) is 1.44. The molecule has 1 rings (SSSR count). The second-order valence-corrected chi connectivity index (χ2v) is 4.74. The van der Waals surface area contributed by atoms with E-state index in [-0.39, 0.29) is 17.1 Å². The predicted octanol–water partition coefficient (Wildman–Crippen LogP) is -0.422. The van der Waals surface area contributed by atoms with Crippen LogP contribution in [-0.4, -0.2) is 37.5 Å². The summed E-state index contributed by atoms with van der Waals surface area (Å²) in [5.41, 5.74) is 0. The number of aliphatic carboxylic acids is 1. The van der Waals surface area contributed by atoms with Crippen molar-refractivity contribution >= 4 is 23.0 Å². The van der Waals surface area contributed by atoms with E-state index in [2.05, 4.69) is 5.32 Å². The number of amides is 1. The lowest BCUT2D eigenvalue weighted by molar-refractivity contribution is -0.138. The standard InChI is InChI=1S/C8H13NO5S/c10-7(11)4-9-8(12)5-1-2-6(3-5)15(13)14/h5-6H,1-4H2,(H,9,12)(H,10,11)(H,13,14). The van der Waals surface area contributed by atoms with E-state index in [1.807, 2.05) is 0 Å². The number of carboxylic acid groups (broad SMARTS) is 1. The molecule has 15 heavy (non-hydrogen) atoms. The molecular formula is C8H13NO5S. The summed E-state index contributed by atoms with van der Waals surface area (Å²) in [6, 6.07) is 0. The highest BCUT2D eigenvalue weighted by molar-refractivity contribution is 7.79. The highest BCUT2D eigenvalue weighted by Crippen LogP contribution is 2.28. The molecule has 7 heteroatoms. The van der Waals surface area contributed by atoms with Crippen LogP contribution in [0.2, 0.25) is 0 Å². The van der Waals surface area contributed by atoms with Crippen LogP contribution >= 0.6 is 0 Å². The molecule has 1 aliphatic rings. The Kier molecular flexibility index (Phi) is 4.22. The second-order valence-electron chi connectivity index (χ2n) is 3.52. The third-order valence-corrected chi connectivity index (χ3v) is 3.45. The van der Waals surface area contributed by atoms with Crippen LogP contribution in [0.4, 0.5) is 0 Å². The average molecular weight is 235 g/mol. The fourth-order valence-electron chi connectivity index (χ4n) is 1.67. The van der Waals surface area contributed by atoms with Gasteiger partial charge in [0.1, 0.15) is 6.54 Å². The first-order valence-corrected chi connectivity index (χ1v) is 5.77. The Morgan fingerprint density at radius 2 is 2.07 bits per heavy atom. The first-order valence-electron chi connectivity index (χ1n) is 4.60. The van der Waals surface area contributed by atoms with Crippen LogP contribution in [0, 0.1) is 5.92 Å². The lowest BCUT2D eigenvalue weighted by Gasteiger charge is -2.08. The smallest absolute Gasteiger partial charge is 0.322 e. The van der Waals surface area contributed by atoms with Gasteiger partial charge in [0.05, 0.1) is 5.25 Å². The van der Waals surface area contributed by atoms with E-state index < -0.39 is 23.6 Å². The van der Waals surface area contributed by atoms with Crippen LogP contribution in [0.3, 0.4) is 0 Å². The molecule has 0 saturated heterocycles. The summed E-state index contributed by atoms with van der Waals surface area (Å²) < 4.78 is 19.5. The maximum absolute atomic E-state index is 11.4. The molecule has 3 N–H and O–H groups in total. The maximum Gasteiger partial charge on any atom is 0.322 e. The van der Waals surface area contributed by atoms with E-state index in [9.17, 15) is 13.8 Å². The number of carboxylic acids is 1. The molecule has 1 aliphatic carbocycles. The number of nitrogens with one attached hydrogen (secondary N) is 1. The van der Waals surface area contributed by atoms with Gasteiger partial charge in [0.15, 0.2) is 11.1 Å². The number of carbonyl (C=O) groups excluding carboxylic acids is 1. The minimum absolute atomic E-state index is 0.328. The summed E-state index contributed by atoms with van der Waals surface area (Å²) in [4.78, 5) is 21.6. The highest BCUT2D eigenvalue weighted by Gasteiger charge is 2.32. The summed E-state index contributed by atoms with van der Waals surface area (Å²) in [6.45, 7) is -0.401. The molecule has 1 saturated carbocycles. The summed E-state index contributed by atoms with van der Waals surface area (Å²) in [5.74, 6) is -1.76. The Labute approximate surface area is 89.3 Å². The van der Waals surface area contributed by atoms with E-state index in [1.54, 1.807) is 0 Å². The molecule has 86 valence electrons. The number of hydrogen-bond acceptors (Lipinski definition) is 3. The molecule has 0 spiro atoms. The average Bonchev–Trinajstić information content (AvgIpc) is 2.62. The summed E-state index contributed by atoms with van der Waals surface area (Å²) >= 11 is -1.89. The predicted molar refractivity (Wildman–Crippen MR) is 52.5 cm³/mol. The quantitative estimate of drug-likeness (QED) is 0.574. The molecule has 0 aromatic heterocycles. The molecule has 3 unspecified atom stereocenters. The van der Waals surface area contributed by atoms with Crippen molar-refractivity contribution in [2.45, 2.75) is 24.5 Å². The van der Waals surface area contributed by atoms with E-state index in [0.29, 0.717) is 19.3 Å². The topological polar surface area (TPSA) is 104 Å². The van der Waals surface area contributed by atoms with Crippen molar-refractivity contribution in [3.05, 3.63) is 0 Å². The molecule has 6 nitrogen and oxygen atoms in total. The Hall–Kier alpha value is -0.950. The zero-order valence-electron chi connectivity index (χ0n) is 8.01. The van der Waals surface area contributed by atoms with Gasteiger partial charge in [0.25, 0.3) is 0 Å². The lowest BCUT2D eigenvalue weighted by atomic mass is 10.1. The Morgan fingerprint density at radius 3 is 2.53 bits per heavy atom. The van der Waals surface area contributed by atoms with Crippen molar-refractivity contribution in [2.75, 3.05) is 6.54 Å². The summed E-state index contributed by atoms with van der Waals surface area (Å²) in [5, 5.41) is 10.3. The van der Waals surface area contributed by atoms with Crippen LogP contribution in [0.25, 0.3) is 0 Å². The van der Waals surface area contributed by atoms with Crippen LogP contribution in [0.5, 0.6) is 0 Å². The maximum atomic E-state index is 11.4. The fourth-order valence-corrected chi connectivity index (χ4v) is 2.40. The van der Waals surface area contributed by atoms with Gasteiger partial charge in [-0.05, 0) is 19.3 Å². The molecular weight excluding hydrogens is 222 g/mol. The van der Waals surface area contributed by atoms with Crippen LogP contribution < -0.4 is 5.32 Å². The Balaban J connectivity index is 2.36. The van der Waals surface area contributed by atoms with Crippen LogP contribution in [0.1, 0.15) is 19.3 Å². The van der Waals surface area contributed by atoms with E-state index in [1.165, 1.54) is 0 Å². The number of carbonyl (C=O) groups is 2. The third-order valence-electron chi connectivity index (χ3n) is 2.45. The molecule has 0 radical (unpaired) electrons. The van der Waals surface area contributed by atoms with E-state index in [4.69, 9.17) is 9.66 Å². The zero-order valence-corrected chi connectivity index (χ0v) is 8.83. The Morgan fingerprint density at radius 1 is 1.40 bits per heavy atom. The SMILES string of the molecule is O=C(O)CNC(=O)C1CCC(S(=O)O)C1. The van der Waals surface area contributed by atoms with Gasteiger partial charge in [0, 0.05) is 5.92 Å². The second kappa shape index (κ2) is 5.22. The monoisotopic (exact) mass is 235 g/mol. The van der Waals surface area contributed by atoms with Gasteiger partial charge in [-0.1, -0.05) is 0 Å². The van der Waals surface area contributed by atoms with E-state index in [0.717, 1.165) is 0 Å². The van der Waals surface area contributed by atoms with Crippen molar-refractivity contribution in [1.29, 1.82) is 0 Å². The molecule has 0 aliphatic heterocycles. The van der Waals surface area contributed by atoms with Gasteiger partial charge in [0.2, 0.25) is 5.91 Å². The molecule has 1 fully saturated rings. The van der Waals surface area contributed by atoms with E-state index >= 15 is 0 Å². The van der Waals surface area contributed by atoms with Crippen molar-refractivity contribution < 1.29 is 23.5 Å². The molecule has 0 aromatic carbocycles. The van der Waals surface area contributed by atoms with Crippen LogP contribution in [0.15, 0.2) is 0 Å². The first kappa shape index (κ1) is 12.1. The van der Waals surface area contributed by atoms with Crippen molar-refractivity contribution in [2.24, 2.45) is 5.92 Å². The van der Waals surface area contributed by atoms with Gasteiger partial charge in [-0.25, -0.2) is 4.21 Å². The fraction of sp³-hybridized carbons (Fsp3) is 0.750. The minimum Gasteiger partial charge on any atom is -0.480 e. The van der Waals surface area contributed by atoms with Gasteiger partial charge >= 0.3 is 5.97 Å². The normalized spacial score (nSPS) is 27.3. The molecule has 0 heterocycles. The first-order chi connectivity index (χ1) is 7.00. The highest BCUT2D eigenvalue weighted by atomic mass is 32.2. The third kappa shape index (κ3) is 3.60. The largest absolute Gasteiger partial charge is 0.480 e. The molecule has 0 aromatic rings. The van der Waals surface area contributed by atoms with Crippen molar-refractivity contribution in [1.82, 2.24) is 5.32 Å². The molecule has 1 amide bonds.